The Morgan fingerprint density at radius 1 is 1.28 bits per heavy atom. The van der Waals surface area contributed by atoms with E-state index in [4.69, 9.17) is 5.11 Å². The van der Waals surface area contributed by atoms with Crippen LogP contribution in [0, 0.1) is 5.92 Å². The van der Waals surface area contributed by atoms with E-state index in [1.54, 1.807) is 26.0 Å². The Bertz CT molecular complexity index is 435. The molecule has 0 aliphatic carbocycles. The molecule has 5 nitrogen and oxygen atoms in total. The highest BCUT2D eigenvalue weighted by molar-refractivity contribution is 5.95. The summed E-state index contributed by atoms with van der Waals surface area (Å²) in [6.45, 7) is 7.46. The van der Waals surface area contributed by atoms with Crippen molar-refractivity contribution in [1.29, 1.82) is 0 Å². The Morgan fingerprint density at radius 2 is 1.89 bits per heavy atom. The molecule has 2 N–H and O–H groups in total. The highest BCUT2D eigenvalue weighted by atomic mass is 16.4. The van der Waals surface area contributed by atoms with Crippen LogP contribution in [-0.2, 0) is 4.79 Å². The molecule has 0 saturated heterocycles. The van der Waals surface area contributed by atoms with Crippen molar-refractivity contribution in [3.8, 4) is 0 Å². The van der Waals surface area contributed by atoms with Crippen molar-refractivity contribution in [3.63, 3.8) is 0 Å². The molecule has 0 spiro atoms. The molecule has 1 heterocycles. The van der Waals surface area contributed by atoms with Crippen molar-refractivity contribution >= 4 is 11.9 Å². The summed E-state index contributed by atoms with van der Waals surface area (Å²) in [5.41, 5.74) is 0.483. The van der Waals surface area contributed by atoms with Gasteiger partial charge < -0.3 is 15.0 Å². The number of carbonyl (C=O) groups excluding carboxylic acids is 1. The first-order valence-electron chi connectivity index (χ1n) is 6.05. The summed E-state index contributed by atoms with van der Waals surface area (Å²) in [6.07, 6.45) is 1.81. The van der Waals surface area contributed by atoms with Gasteiger partial charge in [0.1, 0.15) is 11.7 Å². The van der Waals surface area contributed by atoms with Gasteiger partial charge in [-0.2, -0.15) is 0 Å². The third-order valence-corrected chi connectivity index (χ3v) is 2.79. The van der Waals surface area contributed by atoms with Gasteiger partial charge in [-0.05, 0) is 31.9 Å². The summed E-state index contributed by atoms with van der Waals surface area (Å²) >= 11 is 0. The van der Waals surface area contributed by atoms with Crippen LogP contribution < -0.4 is 5.32 Å². The van der Waals surface area contributed by atoms with Crippen LogP contribution in [0.1, 0.15) is 44.2 Å². The van der Waals surface area contributed by atoms with E-state index in [0.717, 1.165) is 0 Å². The Morgan fingerprint density at radius 3 is 2.33 bits per heavy atom. The second-order valence-corrected chi connectivity index (χ2v) is 4.93. The molecular formula is C13H20N2O3. The van der Waals surface area contributed by atoms with Crippen LogP contribution in [0.5, 0.6) is 0 Å². The Balaban J connectivity index is 2.87. The monoisotopic (exact) mass is 252 g/mol. The second-order valence-electron chi connectivity index (χ2n) is 4.93. The van der Waals surface area contributed by atoms with Gasteiger partial charge in [-0.1, -0.05) is 13.8 Å². The number of hydrogen-bond acceptors (Lipinski definition) is 2. The molecule has 18 heavy (non-hydrogen) atoms. The minimum atomic E-state index is -1.01. The fourth-order valence-electron chi connectivity index (χ4n) is 1.77. The van der Waals surface area contributed by atoms with E-state index in [0.29, 0.717) is 5.69 Å². The number of hydrogen-bond donors (Lipinski definition) is 2. The zero-order chi connectivity index (χ0) is 13.9. The number of amides is 1. The Labute approximate surface area is 107 Å². The summed E-state index contributed by atoms with van der Waals surface area (Å²) in [4.78, 5) is 23.1. The molecule has 0 fully saturated rings. The minimum absolute atomic E-state index is 0.156. The minimum Gasteiger partial charge on any atom is -0.480 e. The molecule has 0 radical (unpaired) electrons. The SMILES string of the molecule is CC(C)C(NC(=O)c1cccn1C(C)C)C(=O)O. The van der Waals surface area contributed by atoms with Crippen LogP contribution in [0.3, 0.4) is 0 Å². The van der Waals surface area contributed by atoms with Crippen LogP contribution in [0.25, 0.3) is 0 Å². The quantitative estimate of drug-likeness (QED) is 0.840. The molecule has 1 aromatic heterocycles. The summed E-state index contributed by atoms with van der Waals surface area (Å²) in [5.74, 6) is -1.52. The standard InChI is InChI=1S/C13H20N2O3/c1-8(2)11(13(17)18)14-12(16)10-6-5-7-15(10)9(3)4/h5-9,11H,1-4H3,(H,14,16)(H,17,18). The van der Waals surface area contributed by atoms with E-state index < -0.39 is 12.0 Å². The number of aliphatic carboxylic acids is 1. The summed E-state index contributed by atoms with van der Waals surface area (Å²) in [7, 11) is 0. The second kappa shape index (κ2) is 5.71. The molecular weight excluding hydrogens is 232 g/mol. The van der Waals surface area contributed by atoms with Crippen LogP contribution >= 0.6 is 0 Å². The van der Waals surface area contributed by atoms with Crippen LogP contribution in [-0.4, -0.2) is 27.6 Å². The zero-order valence-corrected chi connectivity index (χ0v) is 11.2. The lowest BCUT2D eigenvalue weighted by Crippen LogP contribution is -2.44. The van der Waals surface area contributed by atoms with Gasteiger partial charge in [0.15, 0.2) is 0 Å². The molecule has 1 unspecified atom stereocenters. The predicted octanol–water partition coefficient (Wildman–Crippen LogP) is 1.91. The first-order chi connectivity index (χ1) is 8.34. The Hall–Kier alpha value is -1.78. The topological polar surface area (TPSA) is 71.3 Å². The van der Waals surface area contributed by atoms with E-state index >= 15 is 0 Å². The number of nitrogens with one attached hydrogen (secondary N) is 1. The maximum atomic E-state index is 12.1. The first-order valence-corrected chi connectivity index (χ1v) is 6.05. The van der Waals surface area contributed by atoms with Crippen molar-refractivity contribution in [3.05, 3.63) is 24.0 Å². The normalized spacial score (nSPS) is 12.8. The van der Waals surface area contributed by atoms with E-state index in [2.05, 4.69) is 5.32 Å². The molecule has 0 aliphatic heterocycles. The van der Waals surface area contributed by atoms with Crippen molar-refractivity contribution in [2.75, 3.05) is 0 Å². The molecule has 100 valence electrons. The summed E-state index contributed by atoms with van der Waals surface area (Å²) in [6, 6.07) is 2.75. The van der Waals surface area contributed by atoms with Gasteiger partial charge >= 0.3 is 5.97 Å². The molecule has 0 saturated carbocycles. The number of nitrogens with zero attached hydrogens (tertiary/aromatic N) is 1. The zero-order valence-electron chi connectivity index (χ0n) is 11.2. The number of carboxylic acids is 1. The highest BCUT2D eigenvalue weighted by Gasteiger charge is 2.25. The van der Waals surface area contributed by atoms with Gasteiger partial charge in [0.2, 0.25) is 0 Å². The average Bonchev–Trinajstić information content (AvgIpc) is 2.73. The molecule has 1 atom stereocenters. The average molecular weight is 252 g/mol. The molecule has 1 aromatic rings. The van der Waals surface area contributed by atoms with E-state index in [-0.39, 0.29) is 17.9 Å². The predicted molar refractivity (Wildman–Crippen MR) is 68.5 cm³/mol. The third kappa shape index (κ3) is 3.12. The van der Waals surface area contributed by atoms with Gasteiger partial charge in [0.25, 0.3) is 5.91 Å². The lowest BCUT2D eigenvalue weighted by molar-refractivity contribution is -0.140. The maximum absolute atomic E-state index is 12.1. The molecule has 1 rings (SSSR count). The molecule has 0 bridgehead atoms. The van der Waals surface area contributed by atoms with E-state index in [9.17, 15) is 9.59 Å². The number of carboxylic acid groups (broad SMARTS) is 1. The van der Waals surface area contributed by atoms with Crippen molar-refractivity contribution in [2.24, 2.45) is 5.92 Å². The summed E-state index contributed by atoms with van der Waals surface area (Å²) < 4.78 is 1.81. The van der Waals surface area contributed by atoms with Crippen LogP contribution in [0.4, 0.5) is 0 Å². The van der Waals surface area contributed by atoms with Gasteiger partial charge in [-0.3, -0.25) is 4.79 Å². The molecule has 0 aromatic carbocycles. The maximum Gasteiger partial charge on any atom is 0.326 e. The van der Waals surface area contributed by atoms with Gasteiger partial charge in [0, 0.05) is 12.2 Å². The summed E-state index contributed by atoms with van der Waals surface area (Å²) in [5, 5.41) is 11.6. The smallest absolute Gasteiger partial charge is 0.326 e. The van der Waals surface area contributed by atoms with E-state index in [1.807, 2.05) is 24.6 Å². The van der Waals surface area contributed by atoms with Gasteiger partial charge in [-0.15, -0.1) is 0 Å². The molecule has 5 heteroatoms. The van der Waals surface area contributed by atoms with Crippen molar-refractivity contribution in [2.45, 2.75) is 39.8 Å². The van der Waals surface area contributed by atoms with Crippen molar-refractivity contribution in [1.82, 2.24) is 9.88 Å². The Kier molecular flexibility index (Phi) is 4.53. The van der Waals surface area contributed by atoms with Crippen LogP contribution in [0.15, 0.2) is 18.3 Å². The molecule has 0 aliphatic rings. The fraction of sp³-hybridized carbons (Fsp3) is 0.538. The van der Waals surface area contributed by atoms with Gasteiger partial charge in [-0.25, -0.2) is 4.79 Å². The largest absolute Gasteiger partial charge is 0.480 e. The van der Waals surface area contributed by atoms with Crippen molar-refractivity contribution < 1.29 is 14.7 Å². The number of aromatic nitrogens is 1. The number of carbonyl (C=O) groups is 2. The van der Waals surface area contributed by atoms with E-state index in [1.165, 1.54) is 0 Å². The van der Waals surface area contributed by atoms with Gasteiger partial charge in [0.05, 0.1) is 0 Å². The highest BCUT2D eigenvalue weighted by Crippen LogP contribution is 2.11. The third-order valence-electron chi connectivity index (χ3n) is 2.79. The lowest BCUT2D eigenvalue weighted by Gasteiger charge is -2.19. The number of rotatable bonds is 5. The first kappa shape index (κ1) is 14.3. The fourth-order valence-corrected chi connectivity index (χ4v) is 1.77. The van der Waals surface area contributed by atoms with Crippen LogP contribution in [0.2, 0.25) is 0 Å². The molecule has 1 amide bonds. The lowest BCUT2D eigenvalue weighted by atomic mass is 10.0.